The number of halogens is 1. The van der Waals surface area contributed by atoms with Crippen LogP contribution in [0.2, 0.25) is 0 Å². The number of anilines is 1. The van der Waals surface area contributed by atoms with E-state index in [9.17, 15) is 4.39 Å². The number of aromatic nitrogens is 1. The molecule has 0 bridgehead atoms. The number of aryl methyl sites for hydroxylation is 1. The molecule has 0 saturated carbocycles. The SMILES string of the molecule is CNCc1cnc(N(C)C(C)c2ccccc2F)c(C)c1. The third kappa shape index (κ3) is 3.39. The maximum atomic E-state index is 13.9. The summed E-state index contributed by atoms with van der Waals surface area (Å²) in [5, 5.41) is 3.11. The van der Waals surface area contributed by atoms with Crippen molar-refractivity contribution in [1.82, 2.24) is 10.3 Å². The van der Waals surface area contributed by atoms with Crippen LogP contribution in [0.5, 0.6) is 0 Å². The van der Waals surface area contributed by atoms with Crippen molar-refractivity contribution in [3.8, 4) is 0 Å². The highest BCUT2D eigenvalue weighted by molar-refractivity contribution is 5.49. The summed E-state index contributed by atoms with van der Waals surface area (Å²) >= 11 is 0. The normalized spacial score (nSPS) is 12.2. The van der Waals surface area contributed by atoms with Crippen molar-refractivity contribution in [2.75, 3.05) is 19.0 Å². The molecular weight excluding hydrogens is 265 g/mol. The van der Waals surface area contributed by atoms with Gasteiger partial charge in [0.05, 0.1) is 6.04 Å². The van der Waals surface area contributed by atoms with Gasteiger partial charge in [0.15, 0.2) is 0 Å². The first kappa shape index (κ1) is 15.4. The first-order valence-corrected chi connectivity index (χ1v) is 7.12. The van der Waals surface area contributed by atoms with Crippen LogP contribution in [0.4, 0.5) is 10.2 Å². The molecule has 1 N–H and O–H groups in total. The standard InChI is InChI=1S/C17H22FN3/c1-12-9-14(10-19-3)11-20-17(12)21(4)13(2)15-7-5-6-8-16(15)18/h5-9,11,13,19H,10H2,1-4H3. The van der Waals surface area contributed by atoms with Crippen LogP contribution in [0.3, 0.4) is 0 Å². The molecule has 1 unspecified atom stereocenters. The monoisotopic (exact) mass is 287 g/mol. The Morgan fingerprint density at radius 3 is 2.67 bits per heavy atom. The maximum Gasteiger partial charge on any atom is 0.131 e. The number of benzene rings is 1. The van der Waals surface area contributed by atoms with Gasteiger partial charge < -0.3 is 10.2 Å². The molecule has 1 atom stereocenters. The Labute approximate surface area is 125 Å². The summed E-state index contributed by atoms with van der Waals surface area (Å²) in [4.78, 5) is 6.55. The largest absolute Gasteiger partial charge is 0.353 e. The van der Waals surface area contributed by atoms with Gasteiger partial charge >= 0.3 is 0 Å². The fourth-order valence-corrected chi connectivity index (χ4v) is 2.50. The van der Waals surface area contributed by atoms with Crippen LogP contribution < -0.4 is 10.2 Å². The summed E-state index contributed by atoms with van der Waals surface area (Å²) in [6.07, 6.45) is 1.86. The van der Waals surface area contributed by atoms with Crippen molar-refractivity contribution >= 4 is 5.82 Å². The van der Waals surface area contributed by atoms with E-state index in [2.05, 4.69) is 16.4 Å². The van der Waals surface area contributed by atoms with E-state index < -0.39 is 0 Å². The highest BCUT2D eigenvalue weighted by Gasteiger charge is 2.18. The van der Waals surface area contributed by atoms with Gasteiger partial charge in [-0.25, -0.2) is 9.37 Å². The Morgan fingerprint density at radius 2 is 2.05 bits per heavy atom. The third-order valence-electron chi connectivity index (χ3n) is 3.76. The van der Waals surface area contributed by atoms with E-state index in [1.165, 1.54) is 6.07 Å². The fraction of sp³-hybridized carbons (Fsp3) is 0.353. The van der Waals surface area contributed by atoms with E-state index >= 15 is 0 Å². The molecule has 0 aliphatic rings. The average molecular weight is 287 g/mol. The molecule has 0 aliphatic heterocycles. The first-order valence-electron chi connectivity index (χ1n) is 7.12. The summed E-state index contributed by atoms with van der Waals surface area (Å²) in [7, 11) is 3.86. The smallest absolute Gasteiger partial charge is 0.131 e. The van der Waals surface area contributed by atoms with E-state index in [1.807, 2.05) is 51.2 Å². The predicted octanol–water partition coefficient (Wildman–Crippen LogP) is 3.45. The molecule has 0 spiro atoms. The number of hydrogen-bond donors (Lipinski definition) is 1. The van der Waals surface area contributed by atoms with Crippen LogP contribution in [0.25, 0.3) is 0 Å². The lowest BCUT2D eigenvalue weighted by molar-refractivity contribution is 0.583. The molecule has 112 valence electrons. The second kappa shape index (κ2) is 6.68. The van der Waals surface area contributed by atoms with E-state index in [-0.39, 0.29) is 11.9 Å². The van der Waals surface area contributed by atoms with E-state index in [4.69, 9.17) is 0 Å². The van der Waals surface area contributed by atoms with Gasteiger partial charge in [-0.05, 0) is 44.2 Å². The van der Waals surface area contributed by atoms with Gasteiger partial charge in [-0.2, -0.15) is 0 Å². The van der Waals surface area contributed by atoms with Crippen LogP contribution in [0.15, 0.2) is 36.5 Å². The van der Waals surface area contributed by atoms with Crippen molar-refractivity contribution in [3.05, 3.63) is 59.0 Å². The average Bonchev–Trinajstić information content (AvgIpc) is 2.47. The lowest BCUT2D eigenvalue weighted by atomic mass is 10.1. The zero-order chi connectivity index (χ0) is 15.4. The minimum Gasteiger partial charge on any atom is -0.353 e. The van der Waals surface area contributed by atoms with Crippen LogP contribution in [-0.4, -0.2) is 19.1 Å². The highest BCUT2D eigenvalue weighted by Crippen LogP contribution is 2.27. The van der Waals surface area contributed by atoms with Gasteiger partial charge in [0.25, 0.3) is 0 Å². The van der Waals surface area contributed by atoms with Crippen molar-refractivity contribution in [1.29, 1.82) is 0 Å². The molecule has 0 saturated heterocycles. The number of hydrogen-bond acceptors (Lipinski definition) is 3. The van der Waals surface area contributed by atoms with Crippen molar-refractivity contribution < 1.29 is 4.39 Å². The zero-order valence-corrected chi connectivity index (χ0v) is 13.0. The molecule has 2 aromatic rings. The Hall–Kier alpha value is -1.94. The van der Waals surface area contributed by atoms with Gasteiger partial charge in [-0.3, -0.25) is 0 Å². The molecular formula is C17H22FN3. The molecule has 1 heterocycles. The van der Waals surface area contributed by atoms with Crippen molar-refractivity contribution in [2.45, 2.75) is 26.4 Å². The Kier molecular flexibility index (Phi) is 4.91. The second-order valence-corrected chi connectivity index (χ2v) is 5.32. The lowest BCUT2D eigenvalue weighted by Gasteiger charge is -2.28. The molecule has 0 aliphatic carbocycles. The van der Waals surface area contributed by atoms with Gasteiger partial charge in [0.1, 0.15) is 11.6 Å². The topological polar surface area (TPSA) is 28.2 Å². The number of rotatable bonds is 5. The van der Waals surface area contributed by atoms with Crippen LogP contribution >= 0.6 is 0 Å². The third-order valence-corrected chi connectivity index (χ3v) is 3.76. The molecule has 2 rings (SSSR count). The Bertz CT molecular complexity index is 613. The van der Waals surface area contributed by atoms with Gasteiger partial charge in [-0.1, -0.05) is 18.2 Å². The van der Waals surface area contributed by atoms with Crippen LogP contribution in [0.1, 0.15) is 29.7 Å². The van der Waals surface area contributed by atoms with Gasteiger partial charge in [-0.15, -0.1) is 0 Å². The van der Waals surface area contributed by atoms with Crippen LogP contribution in [0, 0.1) is 12.7 Å². The summed E-state index contributed by atoms with van der Waals surface area (Å²) in [5.41, 5.74) is 2.92. The predicted molar refractivity (Wildman–Crippen MR) is 85.0 cm³/mol. The molecule has 0 radical (unpaired) electrons. The Balaban J connectivity index is 2.27. The molecule has 1 aromatic carbocycles. The molecule has 21 heavy (non-hydrogen) atoms. The molecule has 0 amide bonds. The number of nitrogens with one attached hydrogen (secondary N) is 1. The minimum atomic E-state index is -0.179. The first-order chi connectivity index (χ1) is 10.0. The summed E-state index contributed by atoms with van der Waals surface area (Å²) in [6, 6.07) is 8.92. The minimum absolute atomic E-state index is 0.0763. The van der Waals surface area contributed by atoms with Gasteiger partial charge in [0.2, 0.25) is 0 Å². The molecule has 3 nitrogen and oxygen atoms in total. The molecule has 4 heteroatoms. The van der Waals surface area contributed by atoms with Crippen LogP contribution in [-0.2, 0) is 6.54 Å². The van der Waals surface area contributed by atoms with Gasteiger partial charge in [0, 0.05) is 25.4 Å². The highest BCUT2D eigenvalue weighted by atomic mass is 19.1. The summed E-state index contributed by atoms with van der Waals surface area (Å²) in [6.45, 7) is 4.81. The number of nitrogens with zero attached hydrogens (tertiary/aromatic N) is 2. The van der Waals surface area contributed by atoms with E-state index in [0.29, 0.717) is 5.56 Å². The van der Waals surface area contributed by atoms with Crippen molar-refractivity contribution in [2.24, 2.45) is 0 Å². The quantitative estimate of drug-likeness (QED) is 0.913. The number of pyridine rings is 1. The Morgan fingerprint density at radius 1 is 1.33 bits per heavy atom. The summed E-state index contributed by atoms with van der Waals surface area (Å²) < 4.78 is 13.9. The summed E-state index contributed by atoms with van der Waals surface area (Å²) in [5.74, 6) is 0.701. The molecule has 0 fully saturated rings. The fourth-order valence-electron chi connectivity index (χ4n) is 2.50. The lowest BCUT2D eigenvalue weighted by Crippen LogP contribution is -2.24. The second-order valence-electron chi connectivity index (χ2n) is 5.32. The van der Waals surface area contributed by atoms with E-state index in [0.717, 1.165) is 23.5 Å². The van der Waals surface area contributed by atoms with E-state index in [1.54, 1.807) is 6.07 Å². The van der Waals surface area contributed by atoms with Crippen molar-refractivity contribution in [3.63, 3.8) is 0 Å². The maximum absolute atomic E-state index is 13.9. The zero-order valence-electron chi connectivity index (χ0n) is 13.0. The molecule has 1 aromatic heterocycles.